The van der Waals surface area contributed by atoms with Gasteiger partial charge in [-0.15, -0.1) is 0 Å². The molecule has 2 aromatic rings. The Kier molecular flexibility index (Phi) is 9.58. The van der Waals surface area contributed by atoms with Gasteiger partial charge in [-0.3, -0.25) is 14.4 Å². The number of anilines is 2. The zero-order chi connectivity index (χ0) is 21.8. The third-order valence-electron chi connectivity index (χ3n) is 4.57. The maximum Gasteiger partial charge on any atom is 0.255 e. The first-order valence-electron chi connectivity index (χ1n) is 10.6. The molecule has 0 unspecified atom stereocenters. The molecule has 2 aromatic carbocycles. The molecule has 0 atom stereocenters. The van der Waals surface area contributed by atoms with Crippen LogP contribution in [0.15, 0.2) is 54.6 Å². The summed E-state index contributed by atoms with van der Waals surface area (Å²) in [6.07, 6.45) is 3.03. The van der Waals surface area contributed by atoms with Gasteiger partial charge in [0.15, 0.2) is 0 Å². The monoisotopic (exact) mass is 409 g/mol. The van der Waals surface area contributed by atoms with Crippen molar-refractivity contribution in [1.29, 1.82) is 0 Å². The van der Waals surface area contributed by atoms with E-state index < -0.39 is 0 Å². The largest absolute Gasteiger partial charge is 0.343 e. The van der Waals surface area contributed by atoms with E-state index in [2.05, 4.69) is 24.5 Å². The number of carbonyl (C=O) groups excluding carboxylic acids is 3. The zero-order valence-electron chi connectivity index (χ0n) is 17.8. The van der Waals surface area contributed by atoms with Gasteiger partial charge in [-0.1, -0.05) is 38.1 Å². The number of rotatable bonds is 11. The molecule has 30 heavy (non-hydrogen) atoms. The van der Waals surface area contributed by atoms with Gasteiger partial charge < -0.3 is 15.5 Å². The molecule has 0 saturated heterocycles. The van der Waals surface area contributed by atoms with Crippen molar-refractivity contribution in [1.82, 2.24) is 4.90 Å². The van der Waals surface area contributed by atoms with Crippen LogP contribution in [0.25, 0.3) is 0 Å². The summed E-state index contributed by atoms with van der Waals surface area (Å²) in [5.74, 6) is -0.245. The summed E-state index contributed by atoms with van der Waals surface area (Å²) in [4.78, 5) is 38.7. The van der Waals surface area contributed by atoms with Crippen LogP contribution in [0.2, 0.25) is 0 Å². The summed E-state index contributed by atoms with van der Waals surface area (Å²) in [6, 6.07) is 16.0. The second kappa shape index (κ2) is 12.4. The number of carbonyl (C=O) groups is 3. The fraction of sp³-hybridized carbons (Fsp3) is 0.375. The highest BCUT2D eigenvalue weighted by molar-refractivity contribution is 6.04. The Balaban J connectivity index is 1.82. The van der Waals surface area contributed by atoms with E-state index in [1.807, 2.05) is 11.0 Å². The number of benzene rings is 2. The van der Waals surface area contributed by atoms with E-state index in [0.717, 1.165) is 25.9 Å². The van der Waals surface area contributed by atoms with E-state index in [1.54, 1.807) is 48.5 Å². The van der Waals surface area contributed by atoms with Gasteiger partial charge in [0.05, 0.1) is 0 Å². The van der Waals surface area contributed by atoms with Gasteiger partial charge in [0.25, 0.3) is 5.91 Å². The molecular weight excluding hydrogens is 378 g/mol. The van der Waals surface area contributed by atoms with Crippen molar-refractivity contribution in [2.45, 2.75) is 46.0 Å². The van der Waals surface area contributed by atoms with E-state index in [0.29, 0.717) is 29.8 Å². The third-order valence-corrected chi connectivity index (χ3v) is 4.57. The van der Waals surface area contributed by atoms with Crippen molar-refractivity contribution in [3.8, 4) is 0 Å². The Morgan fingerprint density at radius 3 is 2.07 bits per heavy atom. The van der Waals surface area contributed by atoms with Crippen LogP contribution in [0.3, 0.4) is 0 Å². The van der Waals surface area contributed by atoms with Crippen LogP contribution in [-0.4, -0.2) is 35.7 Å². The van der Waals surface area contributed by atoms with E-state index in [1.165, 1.54) is 0 Å². The Morgan fingerprint density at radius 1 is 0.800 bits per heavy atom. The maximum absolute atomic E-state index is 12.3. The van der Waals surface area contributed by atoms with Gasteiger partial charge in [0, 0.05) is 42.9 Å². The van der Waals surface area contributed by atoms with Gasteiger partial charge in [0.2, 0.25) is 11.8 Å². The van der Waals surface area contributed by atoms with Crippen molar-refractivity contribution in [2.24, 2.45) is 0 Å². The molecule has 6 heteroatoms. The molecular formula is C24H31N3O3. The van der Waals surface area contributed by atoms with Crippen LogP contribution in [-0.2, 0) is 9.59 Å². The molecule has 0 radical (unpaired) electrons. The fourth-order valence-electron chi connectivity index (χ4n) is 3.15. The molecule has 6 nitrogen and oxygen atoms in total. The Bertz CT molecular complexity index is 831. The molecule has 0 bridgehead atoms. The minimum absolute atomic E-state index is 0.108. The second-order valence-corrected chi connectivity index (χ2v) is 7.18. The second-order valence-electron chi connectivity index (χ2n) is 7.18. The average Bonchev–Trinajstić information content (AvgIpc) is 2.74. The summed E-state index contributed by atoms with van der Waals surface area (Å²) in [6.45, 7) is 5.64. The number of nitrogens with zero attached hydrogens (tertiary/aromatic N) is 1. The molecule has 0 heterocycles. The summed E-state index contributed by atoms with van der Waals surface area (Å²) in [7, 11) is 0. The Morgan fingerprint density at radius 2 is 1.43 bits per heavy atom. The minimum Gasteiger partial charge on any atom is -0.343 e. The van der Waals surface area contributed by atoms with Crippen LogP contribution in [0.5, 0.6) is 0 Å². The molecule has 2 rings (SSSR count). The van der Waals surface area contributed by atoms with Gasteiger partial charge in [-0.25, -0.2) is 0 Å². The SMILES string of the molecule is CCCN(CCC)C(=O)CCCC(=O)Nc1cccc(NC(=O)c2ccccc2)c1. The standard InChI is InChI=1S/C24H31N3O3/c1-3-16-27(17-4-2)23(29)15-9-14-22(28)25-20-12-8-13-21(18-20)26-24(30)19-10-6-5-7-11-19/h5-8,10-13,18H,3-4,9,14-17H2,1-2H3,(H,25,28)(H,26,30). The van der Waals surface area contributed by atoms with Crippen LogP contribution in [0.4, 0.5) is 11.4 Å². The Labute approximate surface area is 178 Å². The zero-order valence-corrected chi connectivity index (χ0v) is 17.8. The highest BCUT2D eigenvalue weighted by atomic mass is 16.2. The van der Waals surface area contributed by atoms with Crippen LogP contribution in [0.1, 0.15) is 56.3 Å². The van der Waals surface area contributed by atoms with Gasteiger partial charge in [0.1, 0.15) is 0 Å². The lowest BCUT2D eigenvalue weighted by Crippen LogP contribution is -2.32. The fourth-order valence-corrected chi connectivity index (χ4v) is 3.15. The van der Waals surface area contributed by atoms with Crippen LogP contribution < -0.4 is 10.6 Å². The van der Waals surface area contributed by atoms with Crippen molar-refractivity contribution >= 4 is 29.1 Å². The van der Waals surface area contributed by atoms with E-state index in [9.17, 15) is 14.4 Å². The number of nitrogens with one attached hydrogen (secondary N) is 2. The number of hydrogen-bond donors (Lipinski definition) is 2. The lowest BCUT2D eigenvalue weighted by atomic mass is 10.2. The van der Waals surface area contributed by atoms with E-state index in [-0.39, 0.29) is 24.1 Å². The summed E-state index contributed by atoms with van der Waals surface area (Å²) < 4.78 is 0. The molecule has 0 aliphatic rings. The summed E-state index contributed by atoms with van der Waals surface area (Å²) in [5, 5.41) is 5.66. The first-order valence-corrected chi connectivity index (χ1v) is 10.6. The predicted molar refractivity (Wildman–Crippen MR) is 120 cm³/mol. The molecule has 3 amide bonds. The topological polar surface area (TPSA) is 78.5 Å². The molecule has 0 aliphatic carbocycles. The molecule has 2 N–H and O–H groups in total. The molecule has 0 aromatic heterocycles. The molecule has 160 valence electrons. The summed E-state index contributed by atoms with van der Waals surface area (Å²) >= 11 is 0. The number of hydrogen-bond acceptors (Lipinski definition) is 3. The predicted octanol–water partition coefficient (Wildman–Crippen LogP) is 4.70. The van der Waals surface area contributed by atoms with Crippen molar-refractivity contribution in [3.05, 3.63) is 60.2 Å². The van der Waals surface area contributed by atoms with Gasteiger partial charge in [-0.05, 0) is 49.6 Å². The smallest absolute Gasteiger partial charge is 0.255 e. The van der Waals surface area contributed by atoms with E-state index in [4.69, 9.17) is 0 Å². The van der Waals surface area contributed by atoms with Crippen LogP contribution >= 0.6 is 0 Å². The molecule has 0 aliphatic heterocycles. The minimum atomic E-state index is -0.207. The van der Waals surface area contributed by atoms with E-state index >= 15 is 0 Å². The Hall–Kier alpha value is -3.15. The first-order chi connectivity index (χ1) is 14.5. The van der Waals surface area contributed by atoms with Crippen LogP contribution in [0, 0.1) is 0 Å². The lowest BCUT2D eigenvalue weighted by Gasteiger charge is -2.21. The normalized spacial score (nSPS) is 10.3. The first kappa shape index (κ1) is 23.1. The summed E-state index contributed by atoms with van der Waals surface area (Å²) in [5.41, 5.74) is 1.78. The van der Waals surface area contributed by atoms with Crippen molar-refractivity contribution in [2.75, 3.05) is 23.7 Å². The molecule has 0 saturated carbocycles. The highest BCUT2D eigenvalue weighted by Gasteiger charge is 2.12. The van der Waals surface area contributed by atoms with Gasteiger partial charge >= 0.3 is 0 Å². The third kappa shape index (κ3) is 7.70. The van der Waals surface area contributed by atoms with Crippen molar-refractivity contribution < 1.29 is 14.4 Å². The average molecular weight is 410 g/mol. The molecule has 0 spiro atoms. The van der Waals surface area contributed by atoms with Gasteiger partial charge in [-0.2, -0.15) is 0 Å². The molecule has 0 fully saturated rings. The lowest BCUT2D eigenvalue weighted by molar-refractivity contribution is -0.131. The van der Waals surface area contributed by atoms with Crippen molar-refractivity contribution in [3.63, 3.8) is 0 Å². The maximum atomic E-state index is 12.3. The number of amides is 3. The highest BCUT2D eigenvalue weighted by Crippen LogP contribution is 2.17. The quantitative estimate of drug-likeness (QED) is 0.565.